The van der Waals surface area contributed by atoms with Crippen molar-refractivity contribution in [1.29, 1.82) is 0 Å². The van der Waals surface area contributed by atoms with Crippen molar-refractivity contribution in [3.8, 4) is 5.75 Å². The number of esters is 1. The molecule has 0 saturated heterocycles. The molecule has 1 unspecified atom stereocenters. The second kappa shape index (κ2) is 10.8. The summed E-state index contributed by atoms with van der Waals surface area (Å²) in [7, 11) is 3.41. The topological polar surface area (TPSA) is 71.4 Å². The fraction of sp³-hybridized carbons (Fsp3) is 0.296. The van der Waals surface area contributed by atoms with E-state index in [0.717, 1.165) is 22.0 Å². The molecule has 0 bridgehead atoms. The number of fused-ring (bicyclic) bond motifs is 1. The zero-order valence-electron chi connectivity index (χ0n) is 20.4. The Hall–Kier alpha value is -3.52. The molecule has 4 rings (SSSR count). The first-order chi connectivity index (χ1) is 16.9. The number of carbonyl (C=O) groups excluding carboxylic acids is 2. The van der Waals surface area contributed by atoms with Gasteiger partial charge in [-0.3, -0.25) is 4.79 Å². The van der Waals surface area contributed by atoms with E-state index in [1.54, 1.807) is 26.0 Å². The van der Waals surface area contributed by atoms with Gasteiger partial charge in [-0.15, -0.1) is 0 Å². The van der Waals surface area contributed by atoms with Crippen LogP contribution in [-0.4, -0.2) is 47.6 Å². The van der Waals surface area contributed by atoms with Gasteiger partial charge in [-0.2, -0.15) is 0 Å². The fourth-order valence-electron chi connectivity index (χ4n) is 4.20. The molecule has 0 saturated carbocycles. The van der Waals surface area contributed by atoms with E-state index in [9.17, 15) is 9.59 Å². The Morgan fingerprint density at radius 3 is 2.63 bits per heavy atom. The Kier molecular flexibility index (Phi) is 7.60. The predicted octanol–water partition coefficient (Wildman–Crippen LogP) is 4.88. The van der Waals surface area contributed by atoms with Gasteiger partial charge in [0.2, 0.25) is 5.91 Å². The highest BCUT2D eigenvalue weighted by Crippen LogP contribution is 2.45. The van der Waals surface area contributed by atoms with Crippen LogP contribution in [0.3, 0.4) is 0 Å². The summed E-state index contributed by atoms with van der Waals surface area (Å²) in [5.74, 6) is 0.253. The van der Waals surface area contributed by atoms with Gasteiger partial charge in [0.25, 0.3) is 0 Å². The van der Waals surface area contributed by atoms with Gasteiger partial charge in [0.15, 0.2) is 5.17 Å². The van der Waals surface area contributed by atoms with Crippen LogP contribution in [-0.2, 0) is 20.9 Å². The number of amides is 1. The number of amidine groups is 1. The number of rotatable bonds is 8. The number of nitrogens with zero attached hydrogens (tertiary/aromatic N) is 3. The molecule has 2 aliphatic heterocycles. The summed E-state index contributed by atoms with van der Waals surface area (Å²) >= 11 is 1.46. The standard InChI is InChI=1S/C27H29N3O4S/c1-5-34-26(32)24-18(2)28-27-30(25(24)20-12-9-13-22(14-20)33-4)21(17-35-27)15-23(31)29(3)16-19-10-7-6-8-11-19/h6-14,17,25H,5,15-16H2,1-4H3. The van der Waals surface area contributed by atoms with Crippen molar-refractivity contribution in [3.63, 3.8) is 0 Å². The molecule has 2 aromatic rings. The van der Waals surface area contributed by atoms with Crippen LogP contribution in [0.2, 0.25) is 0 Å². The number of ether oxygens (including phenoxy) is 2. The first kappa shape index (κ1) is 24.6. The van der Waals surface area contributed by atoms with E-state index in [4.69, 9.17) is 14.5 Å². The molecule has 0 fully saturated rings. The highest BCUT2D eigenvalue weighted by molar-refractivity contribution is 8.16. The Bertz CT molecular complexity index is 1210. The van der Waals surface area contributed by atoms with E-state index in [1.165, 1.54) is 11.8 Å². The molecule has 7 nitrogen and oxygen atoms in total. The largest absolute Gasteiger partial charge is 0.497 e. The van der Waals surface area contributed by atoms with Crippen molar-refractivity contribution < 1.29 is 19.1 Å². The molecular weight excluding hydrogens is 462 g/mol. The van der Waals surface area contributed by atoms with Crippen molar-refractivity contribution in [2.24, 2.45) is 4.99 Å². The minimum absolute atomic E-state index is 0.0182. The molecule has 0 spiro atoms. The van der Waals surface area contributed by atoms with Gasteiger partial charge in [-0.1, -0.05) is 54.2 Å². The Morgan fingerprint density at radius 1 is 1.14 bits per heavy atom. The molecule has 0 aliphatic carbocycles. The lowest BCUT2D eigenvalue weighted by Gasteiger charge is -2.36. The molecule has 0 aromatic heterocycles. The number of carbonyl (C=O) groups is 2. The molecule has 2 aromatic carbocycles. The van der Waals surface area contributed by atoms with Gasteiger partial charge < -0.3 is 19.3 Å². The Morgan fingerprint density at radius 2 is 1.91 bits per heavy atom. The zero-order valence-corrected chi connectivity index (χ0v) is 21.2. The number of benzene rings is 2. The quantitative estimate of drug-likeness (QED) is 0.490. The molecule has 0 radical (unpaired) electrons. The molecule has 2 aliphatic rings. The van der Waals surface area contributed by atoms with Gasteiger partial charge >= 0.3 is 5.97 Å². The smallest absolute Gasteiger partial charge is 0.338 e. The van der Waals surface area contributed by atoms with Gasteiger partial charge in [0.05, 0.1) is 37.4 Å². The lowest BCUT2D eigenvalue weighted by atomic mass is 9.93. The summed E-state index contributed by atoms with van der Waals surface area (Å²) in [6, 6.07) is 17.0. The molecule has 182 valence electrons. The first-order valence-electron chi connectivity index (χ1n) is 11.5. The average Bonchev–Trinajstić information content (AvgIpc) is 3.25. The predicted molar refractivity (Wildman–Crippen MR) is 138 cm³/mol. The van der Waals surface area contributed by atoms with Crippen LogP contribution in [0.1, 0.15) is 37.4 Å². The van der Waals surface area contributed by atoms with Crippen molar-refractivity contribution in [1.82, 2.24) is 9.80 Å². The van der Waals surface area contributed by atoms with E-state index in [2.05, 4.69) is 0 Å². The number of hydrogen-bond acceptors (Lipinski definition) is 7. The van der Waals surface area contributed by atoms with E-state index in [0.29, 0.717) is 23.6 Å². The normalized spacial score (nSPS) is 16.9. The molecular formula is C27H29N3O4S. The maximum atomic E-state index is 13.2. The molecule has 1 atom stereocenters. The Labute approximate surface area is 210 Å². The number of thioether (sulfide) groups is 1. The van der Waals surface area contributed by atoms with Crippen molar-refractivity contribution in [2.75, 3.05) is 20.8 Å². The van der Waals surface area contributed by atoms with E-state index in [-0.39, 0.29) is 18.9 Å². The summed E-state index contributed by atoms with van der Waals surface area (Å²) in [4.78, 5) is 34.6. The van der Waals surface area contributed by atoms with Crippen molar-refractivity contribution in [2.45, 2.75) is 32.9 Å². The second-order valence-electron chi connectivity index (χ2n) is 8.30. The molecule has 2 heterocycles. The number of allylic oxidation sites excluding steroid dienone is 1. The van der Waals surface area contributed by atoms with Gasteiger partial charge in [0, 0.05) is 19.3 Å². The molecule has 35 heavy (non-hydrogen) atoms. The average molecular weight is 492 g/mol. The van der Waals surface area contributed by atoms with Crippen LogP contribution in [0.4, 0.5) is 0 Å². The minimum atomic E-state index is -0.481. The van der Waals surface area contributed by atoms with Crippen LogP contribution in [0.15, 0.2) is 82.0 Å². The first-order valence-corrected chi connectivity index (χ1v) is 12.3. The zero-order chi connectivity index (χ0) is 24.9. The lowest BCUT2D eigenvalue weighted by molar-refractivity contribution is -0.139. The second-order valence-corrected chi connectivity index (χ2v) is 9.14. The van der Waals surface area contributed by atoms with Gasteiger partial charge in [0.1, 0.15) is 5.75 Å². The highest BCUT2D eigenvalue weighted by Gasteiger charge is 2.41. The van der Waals surface area contributed by atoms with Crippen molar-refractivity contribution in [3.05, 3.63) is 88.1 Å². The van der Waals surface area contributed by atoms with Crippen LogP contribution < -0.4 is 4.74 Å². The maximum Gasteiger partial charge on any atom is 0.338 e. The van der Waals surface area contributed by atoms with Crippen LogP contribution in [0, 0.1) is 0 Å². The molecule has 0 N–H and O–H groups in total. The van der Waals surface area contributed by atoms with Crippen LogP contribution >= 0.6 is 11.8 Å². The third-order valence-electron chi connectivity index (χ3n) is 5.93. The summed E-state index contributed by atoms with van der Waals surface area (Å²) in [6.45, 7) is 4.38. The lowest BCUT2D eigenvalue weighted by Crippen LogP contribution is -2.38. The van der Waals surface area contributed by atoms with Crippen molar-refractivity contribution >= 4 is 28.8 Å². The number of aliphatic imine (C=N–C) groups is 1. The molecule has 8 heteroatoms. The van der Waals surface area contributed by atoms with E-state index in [1.807, 2.05) is 71.8 Å². The van der Waals surface area contributed by atoms with Gasteiger partial charge in [-0.25, -0.2) is 9.79 Å². The van der Waals surface area contributed by atoms with Crippen LogP contribution in [0.25, 0.3) is 0 Å². The monoisotopic (exact) mass is 491 g/mol. The van der Waals surface area contributed by atoms with E-state index < -0.39 is 12.0 Å². The summed E-state index contributed by atoms with van der Waals surface area (Å²) in [6.07, 6.45) is 0.185. The number of methoxy groups -OCH3 is 1. The maximum absolute atomic E-state index is 13.2. The summed E-state index contributed by atoms with van der Waals surface area (Å²) in [5, 5.41) is 2.68. The summed E-state index contributed by atoms with van der Waals surface area (Å²) < 4.78 is 10.8. The molecule has 1 amide bonds. The summed E-state index contributed by atoms with van der Waals surface area (Å²) in [5.41, 5.74) is 3.79. The Balaban J connectivity index is 1.65. The van der Waals surface area contributed by atoms with Crippen LogP contribution in [0.5, 0.6) is 5.75 Å². The SMILES string of the molecule is CCOC(=O)C1=C(C)N=C2SC=C(CC(=O)N(C)Cc3ccccc3)N2C1c1cccc(OC)c1. The minimum Gasteiger partial charge on any atom is -0.497 e. The highest BCUT2D eigenvalue weighted by atomic mass is 32.2. The number of hydrogen-bond donors (Lipinski definition) is 0. The third kappa shape index (κ3) is 5.27. The third-order valence-corrected chi connectivity index (χ3v) is 6.81. The van der Waals surface area contributed by atoms with E-state index >= 15 is 0 Å². The fourth-order valence-corrected chi connectivity index (χ4v) is 5.17. The van der Waals surface area contributed by atoms with Gasteiger partial charge in [-0.05, 0) is 42.5 Å².